The highest BCUT2D eigenvalue weighted by Gasteiger charge is 2.29. The van der Waals surface area contributed by atoms with Crippen LogP contribution in [0.4, 0.5) is 0 Å². The third-order valence-corrected chi connectivity index (χ3v) is 0.805. The van der Waals surface area contributed by atoms with Gasteiger partial charge in [-0.3, -0.25) is 0 Å². The maximum absolute atomic E-state index is 9.77. The van der Waals surface area contributed by atoms with Gasteiger partial charge in [-0.1, -0.05) is 0 Å². The van der Waals surface area contributed by atoms with Gasteiger partial charge >= 0.3 is 11.9 Å². The Balaban J connectivity index is -0.0000000596. The number of aliphatic carboxylic acids is 2. The lowest BCUT2D eigenvalue weighted by molar-refractivity contribution is -0.165. The molecule has 0 bridgehead atoms. The lowest BCUT2D eigenvalue weighted by atomic mass is 10.2. The van der Waals surface area contributed by atoms with Crippen LogP contribution in [0.1, 0.15) is 0 Å². The molecule has 0 saturated heterocycles. The van der Waals surface area contributed by atoms with Crippen molar-refractivity contribution in [3.8, 4) is 0 Å². The molecule has 8 N–H and O–H groups in total. The maximum Gasteiger partial charge on any atom is 0.335 e. The number of nitrogens with one attached hydrogen (secondary N) is 4. The fraction of sp³-hybridized carbons (Fsp3) is 0.250. The number of rotatable bonds is 3. The van der Waals surface area contributed by atoms with Crippen molar-refractivity contribution in [1.29, 1.82) is 21.6 Å². The van der Waals surface area contributed by atoms with E-state index in [0.29, 0.717) is 0 Å². The van der Waals surface area contributed by atoms with Gasteiger partial charge in [0.2, 0.25) is 0 Å². The Bertz CT molecular complexity index is 190. The van der Waals surface area contributed by atoms with Gasteiger partial charge in [-0.2, -0.15) is 0 Å². The van der Waals surface area contributed by atoms with Crippen LogP contribution < -0.4 is 0 Å². The second-order valence-electron chi connectivity index (χ2n) is 1.57. The van der Waals surface area contributed by atoms with Crippen molar-refractivity contribution >= 4 is 38.8 Å². The van der Waals surface area contributed by atoms with Gasteiger partial charge in [-0.25, -0.2) is 9.59 Å². The summed E-state index contributed by atoms with van der Waals surface area (Å²) in [5, 5.41) is 54.5. The van der Waals surface area contributed by atoms with E-state index in [9.17, 15) is 9.59 Å². The largest absolute Gasteiger partial charge is 0.479 e. The number of hydrogen-bond donors (Lipinski definition) is 8. The third kappa shape index (κ3) is 23.4. The Hall–Kier alpha value is -2.46. The fourth-order valence-corrected chi connectivity index (χ4v) is 0.270. The molecule has 0 aliphatic heterocycles. The summed E-state index contributed by atoms with van der Waals surface area (Å²) in [6, 6.07) is 0. The molecule has 0 rings (SSSR count). The van der Waals surface area contributed by atoms with E-state index in [1.54, 1.807) is 0 Å². The van der Waals surface area contributed by atoms with Crippen molar-refractivity contribution in [2.45, 2.75) is 12.2 Å². The van der Waals surface area contributed by atoms with Gasteiger partial charge in [-0.05, 0) is 26.9 Å². The second kappa shape index (κ2) is 29.3. The summed E-state index contributed by atoms with van der Waals surface area (Å²) in [4.78, 5) is 19.5. The van der Waals surface area contributed by atoms with Gasteiger partial charge in [-0.15, -0.1) is 0 Å². The molecule has 0 spiro atoms. The van der Waals surface area contributed by atoms with E-state index in [4.69, 9.17) is 42.1 Å². The third-order valence-electron chi connectivity index (χ3n) is 0.805. The van der Waals surface area contributed by atoms with Gasteiger partial charge in [0.25, 0.3) is 0 Å². The summed E-state index contributed by atoms with van der Waals surface area (Å²) < 4.78 is 0. The number of aliphatic hydroxyl groups excluding tert-OH is 2. The van der Waals surface area contributed by atoms with Crippen molar-refractivity contribution in [1.82, 2.24) is 0 Å². The van der Waals surface area contributed by atoms with E-state index in [-0.39, 0.29) is 0 Å². The Morgan fingerprint density at radius 2 is 0.778 bits per heavy atom. The number of hydrogen-bond acceptors (Lipinski definition) is 8. The SMILES string of the molecule is C=N.C=N.C=N.C=N.O=C(O)[C@H](O)[C@@H](O)C(=O)O. The van der Waals surface area contributed by atoms with Crippen molar-refractivity contribution in [3.63, 3.8) is 0 Å². The summed E-state index contributed by atoms with van der Waals surface area (Å²) in [6.07, 6.45) is -4.53. The van der Waals surface area contributed by atoms with E-state index >= 15 is 0 Å². The molecule has 0 aromatic heterocycles. The van der Waals surface area contributed by atoms with E-state index < -0.39 is 24.1 Å². The summed E-state index contributed by atoms with van der Waals surface area (Å²) >= 11 is 0. The van der Waals surface area contributed by atoms with Gasteiger partial charge in [0.05, 0.1) is 0 Å². The topological polar surface area (TPSA) is 210 Å². The first-order valence-electron chi connectivity index (χ1n) is 3.70. The maximum atomic E-state index is 9.77. The predicted octanol–water partition coefficient (Wildman–Crippen LogP) is -1.06. The molecule has 0 saturated carbocycles. The molecule has 0 aliphatic rings. The van der Waals surface area contributed by atoms with Crippen LogP contribution in [0.2, 0.25) is 0 Å². The quantitative estimate of drug-likeness (QED) is 0.298. The van der Waals surface area contributed by atoms with Crippen LogP contribution in [0.5, 0.6) is 0 Å². The highest BCUT2D eigenvalue weighted by Crippen LogP contribution is 1.92. The minimum Gasteiger partial charge on any atom is -0.479 e. The zero-order chi connectivity index (χ0) is 16.3. The predicted molar refractivity (Wildman–Crippen MR) is 66.6 cm³/mol. The van der Waals surface area contributed by atoms with Gasteiger partial charge < -0.3 is 42.1 Å². The molecule has 0 fully saturated rings. The van der Waals surface area contributed by atoms with Crippen LogP contribution in [0.25, 0.3) is 0 Å². The molecule has 0 radical (unpaired) electrons. The normalized spacial score (nSPS) is 9.67. The lowest BCUT2D eigenvalue weighted by Crippen LogP contribution is -2.39. The van der Waals surface area contributed by atoms with Crippen molar-refractivity contribution in [3.05, 3.63) is 0 Å². The van der Waals surface area contributed by atoms with Crippen LogP contribution in [0.15, 0.2) is 0 Å². The fourth-order valence-electron chi connectivity index (χ4n) is 0.270. The van der Waals surface area contributed by atoms with Gasteiger partial charge in [0, 0.05) is 0 Å². The molecule has 106 valence electrons. The highest BCUT2D eigenvalue weighted by molar-refractivity contribution is 5.83. The molecule has 0 heterocycles. The van der Waals surface area contributed by atoms with E-state index in [0.717, 1.165) is 0 Å². The monoisotopic (exact) mass is 266 g/mol. The standard InChI is InChI=1S/C4H6O6.4CH3N/c5-1(3(7)8)2(6)4(9)10;4*1-2/h1-2,5-6H,(H,7,8)(H,9,10);4*2H,1H2/t1-,2-;;;;/m1..../s1. The van der Waals surface area contributed by atoms with Crippen LogP contribution in [-0.2, 0) is 9.59 Å². The van der Waals surface area contributed by atoms with Crippen molar-refractivity contribution in [2.75, 3.05) is 0 Å². The average molecular weight is 266 g/mol. The minimum absolute atomic E-state index is 1.77. The van der Waals surface area contributed by atoms with Crippen molar-refractivity contribution < 1.29 is 30.0 Å². The number of aliphatic hydroxyl groups is 2. The Morgan fingerprint density at radius 3 is 0.833 bits per heavy atom. The van der Waals surface area contributed by atoms with Gasteiger partial charge in [0.1, 0.15) is 0 Å². The molecule has 18 heavy (non-hydrogen) atoms. The molecular formula is C8H18N4O6. The lowest BCUT2D eigenvalue weighted by Gasteiger charge is -2.07. The number of carboxylic acid groups (broad SMARTS) is 2. The molecule has 10 heteroatoms. The van der Waals surface area contributed by atoms with Gasteiger partial charge in [0.15, 0.2) is 12.2 Å². The molecule has 0 aromatic carbocycles. The summed E-state index contributed by atoms with van der Waals surface area (Å²) in [5.74, 6) is -3.54. The van der Waals surface area contributed by atoms with E-state index in [1.807, 2.05) is 0 Å². The number of carboxylic acids is 2. The molecular weight excluding hydrogens is 248 g/mol. The van der Waals surface area contributed by atoms with E-state index in [2.05, 4.69) is 26.9 Å². The molecule has 2 atom stereocenters. The zero-order valence-corrected chi connectivity index (χ0v) is 9.59. The Kier molecular flexibility index (Phi) is 48.1. The average Bonchev–Trinajstić information content (AvgIpc) is 2.45. The minimum atomic E-state index is -2.27. The van der Waals surface area contributed by atoms with Crippen LogP contribution in [0, 0.1) is 21.6 Å². The molecule has 10 nitrogen and oxygen atoms in total. The first kappa shape index (κ1) is 29.6. The van der Waals surface area contributed by atoms with Crippen LogP contribution >= 0.6 is 0 Å². The number of carbonyl (C=O) groups is 2. The zero-order valence-electron chi connectivity index (χ0n) is 9.59. The summed E-state index contributed by atoms with van der Waals surface area (Å²) in [7, 11) is 0. The molecule has 0 aromatic rings. The van der Waals surface area contributed by atoms with E-state index in [1.165, 1.54) is 0 Å². The second-order valence-corrected chi connectivity index (χ2v) is 1.57. The first-order valence-corrected chi connectivity index (χ1v) is 3.70. The van der Waals surface area contributed by atoms with Crippen LogP contribution in [-0.4, -0.2) is 71.4 Å². The highest BCUT2D eigenvalue weighted by atomic mass is 16.4. The first-order chi connectivity index (χ1) is 8.46. The summed E-state index contributed by atoms with van der Waals surface area (Å²) in [5.41, 5.74) is 0. The van der Waals surface area contributed by atoms with Crippen molar-refractivity contribution in [2.24, 2.45) is 0 Å². The Morgan fingerprint density at radius 1 is 0.667 bits per heavy atom. The molecule has 0 amide bonds. The molecule has 0 unspecified atom stereocenters. The smallest absolute Gasteiger partial charge is 0.335 e. The Labute approximate surface area is 104 Å². The summed E-state index contributed by atoms with van der Waals surface area (Å²) in [6.45, 7) is 10.0. The molecule has 0 aliphatic carbocycles. The van der Waals surface area contributed by atoms with Crippen LogP contribution in [0.3, 0.4) is 0 Å².